The Morgan fingerprint density at radius 1 is 1.10 bits per heavy atom. The summed E-state index contributed by atoms with van der Waals surface area (Å²) in [6, 6.07) is 19.4. The Balaban J connectivity index is 1.64. The summed E-state index contributed by atoms with van der Waals surface area (Å²) in [5.74, 6) is 0.605. The van der Waals surface area contributed by atoms with Gasteiger partial charge in [0.2, 0.25) is 5.91 Å². The SMILES string of the molecule is COc1ccc(Cl)cc1-n1c(C)cc([C@H]2[C@H](c3ccccn3)NC(=S)N2c2ccc(NC(=O)C(C)C)c(C)c2)c1C. The van der Waals surface area contributed by atoms with E-state index < -0.39 is 0 Å². The molecule has 1 fully saturated rings. The number of halogens is 1. The summed E-state index contributed by atoms with van der Waals surface area (Å²) >= 11 is 12.4. The van der Waals surface area contributed by atoms with Crippen LogP contribution in [0.15, 0.2) is 66.9 Å². The first-order chi connectivity index (χ1) is 19.6. The van der Waals surface area contributed by atoms with Gasteiger partial charge in [0.1, 0.15) is 5.75 Å². The van der Waals surface area contributed by atoms with E-state index in [2.05, 4.69) is 46.1 Å². The van der Waals surface area contributed by atoms with Gasteiger partial charge < -0.3 is 24.8 Å². The second kappa shape index (κ2) is 11.5. The third-order valence-electron chi connectivity index (χ3n) is 7.54. The number of carbonyl (C=O) groups is 1. The molecule has 0 unspecified atom stereocenters. The fourth-order valence-electron chi connectivity index (χ4n) is 5.46. The zero-order valence-electron chi connectivity index (χ0n) is 24.0. The van der Waals surface area contributed by atoms with Gasteiger partial charge in [0.05, 0.1) is 30.6 Å². The van der Waals surface area contributed by atoms with Crippen LogP contribution in [0.5, 0.6) is 5.75 Å². The van der Waals surface area contributed by atoms with Crippen LogP contribution < -0.4 is 20.3 Å². The Morgan fingerprint density at radius 3 is 2.54 bits per heavy atom. The van der Waals surface area contributed by atoms with Crippen LogP contribution in [0.3, 0.4) is 0 Å². The lowest BCUT2D eigenvalue weighted by Gasteiger charge is -2.29. The summed E-state index contributed by atoms with van der Waals surface area (Å²) in [5.41, 5.74) is 7.62. The molecule has 2 aromatic heterocycles. The minimum Gasteiger partial charge on any atom is -0.495 e. The molecule has 3 heterocycles. The number of aryl methyl sites for hydroxylation is 2. The summed E-state index contributed by atoms with van der Waals surface area (Å²) < 4.78 is 7.87. The van der Waals surface area contributed by atoms with Crippen molar-refractivity contribution in [1.29, 1.82) is 0 Å². The van der Waals surface area contributed by atoms with Crippen molar-refractivity contribution in [2.75, 3.05) is 17.3 Å². The Bertz CT molecular complexity index is 1620. The summed E-state index contributed by atoms with van der Waals surface area (Å²) in [6.07, 6.45) is 1.80. The van der Waals surface area contributed by atoms with Crippen LogP contribution in [0.1, 0.15) is 54.1 Å². The first-order valence-electron chi connectivity index (χ1n) is 13.6. The van der Waals surface area contributed by atoms with Crippen LogP contribution in [0.2, 0.25) is 5.02 Å². The van der Waals surface area contributed by atoms with Crippen molar-refractivity contribution in [2.24, 2.45) is 5.92 Å². The Labute approximate surface area is 251 Å². The second-order valence-corrected chi connectivity index (χ2v) is 11.4. The molecule has 212 valence electrons. The predicted octanol–water partition coefficient (Wildman–Crippen LogP) is 7.23. The summed E-state index contributed by atoms with van der Waals surface area (Å²) in [5, 5.41) is 7.81. The van der Waals surface area contributed by atoms with E-state index in [4.69, 9.17) is 33.5 Å². The number of anilines is 2. The van der Waals surface area contributed by atoms with Crippen molar-refractivity contribution in [3.05, 3.63) is 100 Å². The highest BCUT2D eigenvalue weighted by Gasteiger charge is 2.42. The van der Waals surface area contributed by atoms with E-state index in [-0.39, 0.29) is 23.9 Å². The lowest BCUT2D eigenvalue weighted by molar-refractivity contribution is -0.118. The topological polar surface area (TPSA) is 71.4 Å². The molecule has 2 aromatic carbocycles. The monoisotopic (exact) mass is 587 g/mol. The maximum absolute atomic E-state index is 12.4. The smallest absolute Gasteiger partial charge is 0.226 e. The zero-order valence-corrected chi connectivity index (χ0v) is 25.6. The number of pyridine rings is 1. The van der Waals surface area contributed by atoms with Crippen LogP contribution in [0, 0.1) is 26.7 Å². The van der Waals surface area contributed by atoms with Gasteiger partial charge in [-0.2, -0.15) is 0 Å². The highest BCUT2D eigenvalue weighted by Crippen LogP contribution is 2.45. The fourth-order valence-corrected chi connectivity index (χ4v) is 5.97. The van der Waals surface area contributed by atoms with Gasteiger partial charge in [0, 0.05) is 39.9 Å². The second-order valence-electron chi connectivity index (χ2n) is 10.6. The minimum atomic E-state index is -0.196. The first kappa shape index (κ1) is 28.6. The van der Waals surface area contributed by atoms with Gasteiger partial charge in [-0.05, 0) is 98.7 Å². The molecule has 0 radical (unpaired) electrons. The molecule has 0 bridgehead atoms. The normalized spacial score (nSPS) is 16.7. The predicted molar refractivity (Wildman–Crippen MR) is 169 cm³/mol. The highest BCUT2D eigenvalue weighted by molar-refractivity contribution is 7.80. The van der Waals surface area contributed by atoms with Gasteiger partial charge in [-0.15, -0.1) is 0 Å². The number of hydrogen-bond acceptors (Lipinski definition) is 4. The van der Waals surface area contributed by atoms with Crippen molar-refractivity contribution in [3.63, 3.8) is 0 Å². The third-order valence-corrected chi connectivity index (χ3v) is 8.09. The number of rotatable bonds is 7. The molecule has 0 saturated carbocycles. The van der Waals surface area contributed by atoms with E-state index in [1.807, 2.05) is 69.3 Å². The number of amides is 1. The summed E-state index contributed by atoms with van der Waals surface area (Å²) in [7, 11) is 1.66. The van der Waals surface area contributed by atoms with Crippen LogP contribution in [0.4, 0.5) is 11.4 Å². The number of ether oxygens (including phenoxy) is 1. The Morgan fingerprint density at radius 2 is 1.88 bits per heavy atom. The third kappa shape index (κ3) is 5.42. The van der Waals surface area contributed by atoms with Gasteiger partial charge in [-0.1, -0.05) is 31.5 Å². The minimum absolute atomic E-state index is 0.0174. The number of aromatic nitrogens is 2. The lowest BCUT2D eigenvalue weighted by Crippen LogP contribution is -2.29. The van der Waals surface area contributed by atoms with E-state index in [9.17, 15) is 4.79 Å². The molecule has 2 N–H and O–H groups in total. The van der Waals surface area contributed by atoms with E-state index in [0.717, 1.165) is 51.0 Å². The molecule has 9 heteroatoms. The Kier molecular flexibility index (Phi) is 8.07. The maximum Gasteiger partial charge on any atom is 0.226 e. The van der Waals surface area contributed by atoms with Gasteiger partial charge >= 0.3 is 0 Å². The van der Waals surface area contributed by atoms with Crippen molar-refractivity contribution >= 4 is 46.2 Å². The van der Waals surface area contributed by atoms with Gasteiger partial charge in [0.15, 0.2) is 5.11 Å². The number of benzene rings is 2. The highest BCUT2D eigenvalue weighted by atomic mass is 35.5. The van der Waals surface area contributed by atoms with Crippen molar-refractivity contribution < 1.29 is 9.53 Å². The zero-order chi connectivity index (χ0) is 29.4. The number of nitrogens with zero attached hydrogens (tertiary/aromatic N) is 3. The maximum atomic E-state index is 12.4. The number of thiocarbonyl (C=S) groups is 1. The van der Waals surface area contributed by atoms with Gasteiger partial charge in [-0.25, -0.2) is 0 Å². The van der Waals surface area contributed by atoms with Gasteiger partial charge in [0.25, 0.3) is 0 Å². The van der Waals surface area contributed by atoms with Crippen molar-refractivity contribution in [1.82, 2.24) is 14.9 Å². The molecule has 7 nitrogen and oxygen atoms in total. The number of hydrogen-bond donors (Lipinski definition) is 2. The number of nitrogens with one attached hydrogen (secondary N) is 2. The van der Waals surface area contributed by atoms with E-state index >= 15 is 0 Å². The molecule has 5 rings (SSSR count). The quantitative estimate of drug-likeness (QED) is 0.222. The molecule has 2 atom stereocenters. The summed E-state index contributed by atoms with van der Waals surface area (Å²) in [6.45, 7) is 9.94. The molecule has 1 saturated heterocycles. The van der Waals surface area contributed by atoms with E-state index in [1.54, 1.807) is 13.3 Å². The lowest BCUT2D eigenvalue weighted by atomic mass is 9.96. The average molecular weight is 588 g/mol. The standard InChI is InChI=1S/C32H34ClN5O2S/c1-18(2)31(39)35-25-12-11-23(15-19(25)3)38-30(29(36-32(38)41)26-9-7-8-14-34-26)24-16-20(4)37(21(24)5)27-17-22(33)10-13-28(27)40-6/h7-18,29-30H,1-6H3,(H,35,39)(H,36,41)/t29-,30-/m0/s1. The largest absolute Gasteiger partial charge is 0.495 e. The van der Waals surface area contributed by atoms with E-state index in [1.165, 1.54) is 0 Å². The molecular formula is C32H34ClN5O2S. The number of carbonyl (C=O) groups excluding carboxylic acids is 1. The summed E-state index contributed by atoms with van der Waals surface area (Å²) in [4.78, 5) is 19.2. The molecule has 0 aliphatic carbocycles. The molecule has 4 aromatic rings. The van der Waals surface area contributed by atoms with Crippen LogP contribution in [-0.4, -0.2) is 27.7 Å². The number of methoxy groups -OCH3 is 1. The molecule has 0 spiro atoms. The van der Waals surface area contributed by atoms with Crippen molar-refractivity contribution in [3.8, 4) is 11.4 Å². The van der Waals surface area contributed by atoms with E-state index in [0.29, 0.717) is 10.1 Å². The van der Waals surface area contributed by atoms with Crippen LogP contribution in [-0.2, 0) is 4.79 Å². The molecule has 1 amide bonds. The van der Waals surface area contributed by atoms with Crippen molar-refractivity contribution in [2.45, 2.75) is 46.7 Å². The average Bonchev–Trinajstić information content (AvgIpc) is 3.44. The van der Waals surface area contributed by atoms with Gasteiger partial charge in [-0.3, -0.25) is 9.78 Å². The first-order valence-corrected chi connectivity index (χ1v) is 14.3. The van der Waals surface area contributed by atoms with Crippen LogP contribution in [0.25, 0.3) is 5.69 Å². The Hall–Kier alpha value is -3.88. The molecule has 1 aliphatic rings. The fraction of sp³-hybridized carbons (Fsp3) is 0.281. The molecule has 1 aliphatic heterocycles. The molecular weight excluding hydrogens is 554 g/mol. The van der Waals surface area contributed by atoms with Crippen LogP contribution >= 0.6 is 23.8 Å². The molecule has 41 heavy (non-hydrogen) atoms.